The predicted molar refractivity (Wildman–Crippen MR) is 202 cm³/mol. The molecular weight excluding hydrogens is 583 g/mol. The first-order chi connectivity index (χ1) is 23.8. The first-order valence-electron chi connectivity index (χ1n) is 16.6. The summed E-state index contributed by atoms with van der Waals surface area (Å²) < 4.78 is 9.57. The van der Waals surface area contributed by atoms with Gasteiger partial charge in [-0.3, -0.25) is 0 Å². The minimum atomic E-state index is -0.0530. The topological polar surface area (TPSA) is 21.3 Å². The van der Waals surface area contributed by atoms with Crippen molar-refractivity contribution in [2.24, 2.45) is 0 Å². The second-order valence-electron chi connectivity index (χ2n) is 13.2. The van der Waals surface area contributed by atoms with Crippen molar-refractivity contribution < 1.29 is 4.42 Å². The molecule has 2 aromatic heterocycles. The third-order valence-corrected chi connectivity index (χ3v) is 10.9. The number of para-hydroxylation sites is 3. The van der Waals surface area contributed by atoms with Gasteiger partial charge in [-0.2, -0.15) is 0 Å². The number of anilines is 3. The summed E-state index contributed by atoms with van der Waals surface area (Å²) in [6, 6.07) is 55.7. The van der Waals surface area contributed by atoms with Crippen LogP contribution in [0.5, 0.6) is 0 Å². The summed E-state index contributed by atoms with van der Waals surface area (Å²) in [5, 5.41) is 9.85. The first-order valence-corrected chi connectivity index (χ1v) is 16.6. The molecule has 10 aromatic rings. The molecule has 0 amide bonds. The number of nitrogens with zero attached hydrogens (tertiary/aromatic N) is 2. The van der Waals surface area contributed by atoms with Gasteiger partial charge in [-0.1, -0.05) is 115 Å². The average Bonchev–Trinajstić information content (AvgIpc) is 3.69. The summed E-state index contributed by atoms with van der Waals surface area (Å²) in [6.07, 6.45) is 0. The second kappa shape index (κ2) is 8.75. The molecule has 0 N–H and O–H groups in total. The Hall–Kier alpha value is -6.26. The van der Waals surface area contributed by atoms with Crippen molar-refractivity contribution in [3.8, 4) is 11.1 Å². The molecule has 0 spiro atoms. The summed E-state index contributed by atoms with van der Waals surface area (Å²) in [5.41, 5.74) is 13.0. The standard InChI is InChI=1S/C44H25BN2O/c1-2-12-28-24-29(22-20-26(28)10-1)46-38-23-21-27-11-3-4-13-30(27)40(38)45-41-35(25-36-32-15-6-8-19-39(32)48-44(36)43(41)46)34-17-9-16-33-31-14-5-7-18-37(31)47(45)42(33)34/h1-25H. The van der Waals surface area contributed by atoms with Gasteiger partial charge >= 0.3 is 6.85 Å². The highest BCUT2D eigenvalue weighted by Gasteiger charge is 2.45. The SMILES string of the molecule is c1ccc2cc(N3c4ccc5ccccc5c4B4c5c(cc6c(oc7ccccc76)c53)-c3cccc5c6ccccc6n4c35)ccc2c1. The van der Waals surface area contributed by atoms with Gasteiger partial charge in [0.2, 0.25) is 0 Å². The number of hydrogen-bond acceptors (Lipinski definition) is 2. The Morgan fingerprint density at radius 2 is 1.21 bits per heavy atom. The molecule has 2 aliphatic heterocycles. The fourth-order valence-electron chi connectivity index (χ4n) is 8.99. The van der Waals surface area contributed by atoms with E-state index in [9.17, 15) is 0 Å². The maximum Gasteiger partial charge on any atom is 0.333 e. The van der Waals surface area contributed by atoms with Crippen molar-refractivity contribution >= 4 is 100 Å². The van der Waals surface area contributed by atoms with Crippen molar-refractivity contribution in [3.63, 3.8) is 0 Å². The summed E-state index contributed by atoms with van der Waals surface area (Å²) in [5.74, 6) is 0. The molecule has 0 saturated heterocycles. The number of benzene rings is 8. The molecular formula is C44H25BN2O. The van der Waals surface area contributed by atoms with E-state index in [0.29, 0.717) is 0 Å². The lowest BCUT2D eigenvalue weighted by molar-refractivity contribution is 0.669. The molecule has 0 radical (unpaired) electrons. The molecule has 0 atom stereocenters. The van der Waals surface area contributed by atoms with E-state index in [-0.39, 0.29) is 6.85 Å². The lowest BCUT2D eigenvalue weighted by atomic mass is 9.44. The van der Waals surface area contributed by atoms with Gasteiger partial charge in [0, 0.05) is 49.5 Å². The van der Waals surface area contributed by atoms with Crippen LogP contribution in [0.3, 0.4) is 0 Å². The van der Waals surface area contributed by atoms with Gasteiger partial charge in [-0.25, -0.2) is 0 Å². The summed E-state index contributed by atoms with van der Waals surface area (Å²) >= 11 is 0. The van der Waals surface area contributed by atoms with Crippen molar-refractivity contribution in [2.75, 3.05) is 4.90 Å². The molecule has 0 unspecified atom stereocenters. The lowest BCUT2D eigenvalue weighted by Crippen LogP contribution is -2.57. The quantitative estimate of drug-likeness (QED) is 0.173. The molecule has 220 valence electrons. The van der Waals surface area contributed by atoms with Crippen LogP contribution in [0.1, 0.15) is 0 Å². The minimum Gasteiger partial charge on any atom is -0.454 e. The van der Waals surface area contributed by atoms with Gasteiger partial charge in [0.1, 0.15) is 5.58 Å². The zero-order chi connectivity index (χ0) is 31.1. The Bertz CT molecular complexity index is 3040. The molecule has 4 heteroatoms. The maximum atomic E-state index is 6.94. The van der Waals surface area contributed by atoms with Crippen LogP contribution >= 0.6 is 0 Å². The number of aromatic nitrogens is 1. The minimum absolute atomic E-state index is 0.0530. The van der Waals surface area contributed by atoms with E-state index in [1.54, 1.807) is 0 Å². The monoisotopic (exact) mass is 608 g/mol. The van der Waals surface area contributed by atoms with Crippen LogP contribution in [-0.4, -0.2) is 11.3 Å². The average molecular weight is 609 g/mol. The maximum absolute atomic E-state index is 6.94. The van der Waals surface area contributed by atoms with Gasteiger partial charge in [-0.15, -0.1) is 0 Å². The van der Waals surface area contributed by atoms with E-state index in [0.717, 1.165) is 33.3 Å². The van der Waals surface area contributed by atoms with Crippen LogP contribution in [0.4, 0.5) is 17.1 Å². The smallest absolute Gasteiger partial charge is 0.333 e. The van der Waals surface area contributed by atoms with E-state index in [2.05, 4.69) is 161 Å². The van der Waals surface area contributed by atoms with Gasteiger partial charge in [0.05, 0.1) is 5.69 Å². The highest BCUT2D eigenvalue weighted by molar-refractivity contribution is 6.92. The van der Waals surface area contributed by atoms with Crippen LogP contribution in [0.2, 0.25) is 0 Å². The molecule has 2 aliphatic rings. The lowest BCUT2D eigenvalue weighted by Gasteiger charge is -2.41. The molecule has 0 saturated carbocycles. The Morgan fingerprint density at radius 1 is 0.479 bits per heavy atom. The molecule has 3 nitrogen and oxygen atoms in total. The third kappa shape index (κ3) is 2.97. The van der Waals surface area contributed by atoms with E-state index < -0.39 is 0 Å². The van der Waals surface area contributed by atoms with E-state index in [4.69, 9.17) is 4.42 Å². The zero-order valence-corrected chi connectivity index (χ0v) is 25.8. The van der Waals surface area contributed by atoms with Gasteiger partial charge in [0.25, 0.3) is 0 Å². The van der Waals surface area contributed by atoms with Crippen LogP contribution < -0.4 is 15.8 Å². The van der Waals surface area contributed by atoms with Crippen molar-refractivity contribution in [3.05, 3.63) is 152 Å². The molecule has 0 aliphatic carbocycles. The van der Waals surface area contributed by atoms with Gasteiger partial charge in [0.15, 0.2) is 5.58 Å². The van der Waals surface area contributed by atoms with Crippen LogP contribution in [0, 0.1) is 0 Å². The number of rotatable bonds is 1. The van der Waals surface area contributed by atoms with Crippen LogP contribution in [-0.2, 0) is 0 Å². The fourth-order valence-corrected chi connectivity index (χ4v) is 8.99. The Labute approximate surface area is 275 Å². The van der Waals surface area contributed by atoms with Crippen molar-refractivity contribution in [2.45, 2.75) is 0 Å². The molecule has 8 aromatic carbocycles. The Kier molecular flexibility index (Phi) is 4.54. The first kappa shape index (κ1) is 24.9. The van der Waals surface area contributed by atoms with E-state index >= 15 is 0 Å². The highest BCUT2D eigenvalue weighted by Crippen LogP contribution is 2.50. The summed E-state index contributed by atoms with van der Waals surface area (Å²) in [6.45, 7) is -0.0530. The number of fused-ring (bicyclic) bond motifs is 14. The fraction of sp³-hybridized carbons (Fsp3) is 0. The number of hydrogen-bond donors (Lipinski definition) is 0. The van der Waals surface area contributed by atoms with Crippen molar-refractivity contribution in [1.29, 1.82) is 0 Å². The zero-order valence-electron chi connectivity index (χ0n) is 25.8. The van der Waals surface area contributed by atoms with E-state index in [1.165, 1.54) is 71.1 Å². The van der Waals surface area contributed by atoms with Crippen LogP contribution in [0.15, 0.2) is 156 Å². The summed E-state index contributed by atoms with van der Waals surface area (Å²) in [7, 11) is 0. The largest absolute Gasteiger partial charge is 0.454 e. The third-order valence-electron chi connectivity index (χ3n) is 10.9. The Balaban J connectivity index is 1.34. The number of furan rings is 1. The molecule has 0 bridgehead atoms. The molecule has 0 fully saturated rings. The predicted octanol–water partition coefficient (Wildman–Crippen LogP) is 10.4. The summed E-state index contributed by atoms with van der Waals surface area (Å²) in [4.78, 5) is 2.49. The van der Waals surface area contributed by atoms with E-state index in [1.807, 2.05) is 0 Å². The van der Waals surface area contributed by atoms with Crippen LogP contribution in [0.25, 0.3) is 76.4 Å². The normalized spacial score (nSPS) is 13.3. The highest BCUT2D eigenvalue weighted by atomic mass is 16.3. The molecule has 48 heavy (non-hydrogen) atoms. The van der Waals surface area contributed by atoms with Crippen molar-refractivity contribution in [1.82, 2.24) is 4.48 Å². The Morgan fingerprint density at radius 3 is 2.12 bits per heavy atom. The molecule has 12 rings (SSSR count). The molecule has 4 heterocycles. The van der Waals surface area contributed by atoms with Gasteiger partial charge < -0.3 is 13.8 Å². The second-order valence-corrected chi connectivity index (χ2v) is 13.2. The van der Waals surface area contributed by atoms with Gasteiger partial charge in [-0.05, 0) is 74.4 Å².